The van der Waals surface area contributed by atoms with Crippen molar-refractivity contribution in [3.05, 3.63) is 11.8 Å². The fourth-order valence-electron chi connectivity index (χ4n) is 1.24. The molecule has 1 heteroatoms. The molecule has 0 atom stereocenters. The lowest BCUT2D eigenvalue weighted by Gasteiger charge is -2.23. The third-order valence-corrected chi connectivity index (χ3v) is 1.87. The van der Waals surface area contributed by atoms with Crippen LogP contribution in [0.25, 0.3) is 0 Å². The zero-order valence-corrected chi connectivity index (χ0v) is 7.65. The fourth-order valence-corrected chi connectivity index (χ4v) is 1.24. The van der Waals surface area contributed by atoms with E-state index in [0.29, 0.717) is 0 Å². The molecule has 0 aliphatic heterocycles. The summed E-state index contributed by atoms with van der Waals surface area (Å²) in [6, 6.07) is 0. The smallest absolute Gasteiger partial charge is 0.0146 e. The van der Waals surface area contributed by atoms with Crippen LogP contribution < -0.4 is 0 Å². The van der Waals surface area contributed by atoms with Crippen LogP contribution in [0.5, 0.6) is 0 Å². The van der Waals surface area contributed by atoms with Gasteiger partial charge in [-0.25, -0.2) is 0 Å². The molecule has 0 saturated carbocycles. The minimum Gasteiger partial charge on any atom is -0.376 e. The van der Waals surface area contributed by atoms with Crippen LogP contribution in [0.15, 0.2) is 11.8 Å². The molecule has 1 nitrogen and oxygen atoms in total. The molecule has 0 fully saturated rings. The van der Waals surface area contributed by atoms with Gasteiger partial charge < -0.3 is 4.90 Å². The van der Waals surface area contributed by atoms with E-state index in [1.54, 1.807) is 0 Å². The second kappa shape index (κ2) is 5.33. The van der Waals surface area contributed by atoms with Crippen molar-refractivity contribution in [2.45, 2.75) is 34.1 Å². The molecule has 0 aromatic carbocycles. The predicted octanol–water partition coefficient (Wildman–Crippen LogP) is 2.64. The average molecular weight is 141 g/mol. The summed E-state index contributed by atoms with van der Waals surface area (Å²) >= 11 is 0. The van der Waals surface area contributed by atoms with Crippen LogP contribution in [0.1, 0.15) is 34.1 Å². The van der Waals surface area contributed by atoms with Crippen LogP contribution >= 0.6 is 0 Å². The van der Waals surface area contributed by atoms with E-state index in [4.69, 9.17) is 0 Å². The lowest BCUT2D eigenvalue weighted by atomic mass is 10.3. The molecule has 0 aliphatic rings. The monoisotopic (exact) mass is 141 g/mol. The van der Waals surface area contributed by atoms with Crippen molar-refractivity contribution in [2.75, 3.05) is 13.1 Å². The molecular weight excluding hydrogens is 122 g/mol. The van der Waals surface area contributed by atoms with E-state index < -0.39 is 0 Å². The normalized spacial score (nSPS) is 11.8. The van der Waals surface area contributed by atoms with E-state index >= 15 is 0 Å². The number of hydrogen-bond donors (Lipinski definition) is 0. The maximum Gasteiger partial charge on any atom is 0.0146 e. The van der Waals surface area contributed by atoms with Crippen molar-refractivity contribution in [1.82, 2.24) is 4.90 Å². The highest BCUT2D eigenvalue weighted by molar-refractivity contribution is 4.97. The Balaban J connectivity index is 3.97. The van der Waals surface area contributed by atoms with Gasteiger partial charge in [0.2, 0.25) is 0 Å². The Hall–Kier alpha value is -0.460. The largest absolute Gasteiger partial charge is 0.376 e. The minimum absolute atomic E-state index is 1.13. The van der Waals surface area contributed by atoms with Gasteiger partial charge in [0.05, 0.1) is 0 Å². The fraction of sp³-hybridized carbons (Fsp3) is 0.778. The first-order valence-electron chi connectivity index (χ1n) is 4.20. The van der Waals surface area contributed by atoms with Crippen LogP contribution in [0.2, 0.25) is 0 Å². The maximum absolute atomic E-state index is 2.39. The number of allylic oxidation sites excluding steroid dienone is 2. The molecular formula is C9H19N. The molecule has 60 valence electrons. The SMILES string of the molecule is C/C=C(\CC)N(CC)CC. The number of nitrogens with zero attached hydrogens (tertiary/aromatic N) is 1. The summed E-state index contributed by atoms with van der Waals surface area (Å²) < 4.78 is 0. The van der Waals surface area contributed by atoms with E-state index in [-0.39, 0.29) is 0 Å². The molecule has 10 heavy (non-hydrogen) atoms. The first-order chi connectivity index (χ1) is 4.79. The highest BCUT2D eigenvalue weighted by Gasteiger charge is 1.99. The quantitative estimate of drug-likeness (QED) is 0.581. The maximum atomic E-state index is 2.39. The van der Waals surface area contributed by atoms with Crippen LogP contribution in [0.4, 0.5) is 0 Å². The lowest BCUT2D eigenvalue weighted by molar-refractivity contribution is 0.371. The van der Waals surface area contributed by atoms with Gasteiger partial charge in [0.25, 0.3) is 0 Å². The molecule has 0 spiro atoms. The van der Waals surface area contributed by atoms with Gasteiger partial charge in [-0.15, -0.1) is 0 Å². The van der Waals surface area contributed by atoms with Crippen molar-refractivity contribution in [2.24, 2.45) is 0 Å². The Labute approximate surface area is 64.7 Å². The molecule has 0 radical (unpaired) electrons. The van der Waals surface area contributed by atoms with Crippen LogP contribution in [-0.4, -0.2) is 18.0 Å². The highest BCUT2D eigenvalue weighted by Crippen LogP contribution is 2.06. The van der Waals surface area contributed by atoms with E-state index in [9.17, 15) is 0 Å². The van der Waals surface area contributed by atoms with Gasteiger partial charge in [0.15, 0.2) is 0 Å². The molecule has 0 aliphatic carbocycles. The van der Waals surface area contributed by atoms with Crippen LogP contribution in [-0.2, 0) is 0 Å². The zero-order chi connectivity index (χ0) is 7.98. The van der Waals surface area contributed by atoms with Gasteiger partial charge in [0, 0.05) is 18.8 Å². The molecule has 0 rings (SSSR count). The van der Waals surface area contributed by atoms with E-state index in [1.165, 1.54) is 5.70 Å². The lowest BCUT2D eigenvalue weighted by Crippen LogP contribution is -2.21. The predicted molar refractivity (Wildman–Crippen MR) is 47.0 cm³/mol. The molecule has 0 amide bonds. The van der Waals surface area contributed by atoms with E-state index in [0.717, 1.165) is 19.5 Å². The van der Waals surface area contributed by atoms with Crippen molar-refractivity contribution in [3.63, 3.8) is 0 Å². The van der Waals surface area contributed by atoms with Gasteiger partial charge >= 0.3 is 0 Å². The van der Waals surface area contributed by atoms with Gasteiger partial charge in [0.1, 0.15) is 0 Å². The molecule has 0 aromatic heterocycles. The molecule has 0 N–H and O–H groups in total. The van der Waals surface area contributed by atoms with E-state index in [2.05, 4.69) is 38.7 Å². The molecule has 0 bridgehead atoms. The van der Waals surface area contributed by atoms with Gasteiger partial charge in [-0.1, -0.05) is 13.0 Å². The Kier molecular flexibility index (Phi) is 5.09. The molecule has 0 unspecified atom stereocenters. The van der Waals surface area contributed by atoms with Crippen LogP contribution in [0, 0.1) is 0 Å². The summed E-state index contributed by atoms with van der Waals surface area (Å²) in [5.41, 5.74) is 1.46. The topological polar surface area (TPSA) is 3.24 Å². The average Bonchev–Trinajstić information content (AvgIpc) is 2.00. The summed E-state index contributed by atoms with van der Waals surface area (Å²) in [6.45, 7) is 11.0. The number of hydrogen-bond acceptors (Lipinski definition) is 1. The van der Waals surface area contributed by atoms with Crippen molar-refractivity contribution < 1.29 is 0 Å². The van der Waals surface area contributed by atoms with Gasteiger partial charge in [-0.2, -0.15) is 0 Å². The van der Waals surface area contributed by atoms with E-state index in [1.807, 2.05) is 0 Å². The number of rotatable bonds is 4. The van der Waals surface area contributed by atoms with Crippen molar-refractivity contribution in [1.29, 1.82) is 0 Å². The first kappa shape index (κ1) is 9.54. The Morgan fingerprint density at radius 3 is 1.80 bits per heavy atom. The Bertz CT molecular complexity index is 101. The van der Waals surface area contributed by atoms with Crippen LogP contribution in [0.3, 0.4) is 0 Å². The minimum atomic E-state index is 1.13. The summed E-state index contributed by atoms with van der Waals surface area (Å²) in [5.74, 6) is 0. The second-order valence-electron chi connectivity index (χ2n) is 2.31. The Morgan fingerprint density at radius 1 is 1.20 bits per heavy atom. The summed E-state index contributed by atoms with van der Waals surface area (Å²) in [7, 11) is 0. The summed E-state index contributed by atoms with van der Waals surface area (Å²) in [5, 5.41) is 0. The summed E-state index contributed by atoms with van der Waals surface area (Å²) in [6.07, 6.45) is 3.35. The summed E-state index contributed by atoms with van der Waals surface area (Å²) in [4.78, 5) is 2.39. The zero-order valence-electron chi connectivity index (χ0n) is 7.65. The first-order valence-corrected chi connectivity index (χ1v) is 4.20. The van der Waals surface area contributed by atoms with Gasteiger partial charge in [-0.3, -0.25) is 0 Å². The highest BCUT2D eigenvalue weighted by atomic mass is 15.1. The van der Waals surface area contributed by atoms with Crippen molar-refractivity contribution >= 4 is 0 Å². The Morgan fingerprint density at radius 2 is 1.70 bits per heavy atom. The molecule has 0 aromatic rings. The van der Waals surface area contributed by atoms with Gasteiger partial charge in [-0.05, 0) is 27.2 Å². The third-order valence-electron chi connectivity index (χ3n) is 1.87. The molecule has 0 heterocycles. The standard InChI is InChI=1S/C9H19N/c1-5-9(6-2)10(7-3)8-4/h5H,6-8H2,1-4H3/b9-5+. The second-order valence-corrected chi connectivity index (χ2v) is 2.31. The third kappa shape index (κ3) is 2.42. The van der Waals surface area contributed by atoms with Crippen molar-refractivity contribution in [3.8, 4) is 0 Å². The molecule has 0 saturated heterocycles.